The molecule has 6 nitrogen and oxygen atoms in total. The molecule has 0 amide bonds. The highest BCUT2D eigenvalue weighted by atomic mass is 32.1. The molecule has 88 valence electrons. The van der Waals surface area contributed by atoms with Gasteiger partial charge in [0.25, 0.3) is 0 Å². The number of hydrogen-bond donors (Lipinski definition) is 2. The Labute approximate surface area is 102 Å². The molecule has 3 N–H and O–H groups in total. The van der Waals surface area contributed by atoms with Gasteiger partial charge in [0, 0.05) is 5.56 Å². The van der Waals surface area contributed by atoms with Crippen LogP contribution in [0.4, 0.5) is 0 Å². The molecule has 0 bridgehead atoms. The first kappa shape index (κ1) is 11.3. The van der Waals surface area contributed by atoms with E-state index in [0.29, 0.717) is 17.0 Å². The van der Waals surface area contributed by atoms with Gasteiger partial charge in [0.2, 0.25) is 0 Å². The fraction of sp³-hybridized carbons (Fsp3) is 0.100. The number of hydrogen-bond acceptors (Lipinski definition) is 4. The predicted octanol–water partition coefficient (Wildman–Crippen LogP) is 0.203. The van der Waals surface area contributed by atoms with Crippen LogP contribution in [0.15, 0.2) is 29.3 Å². The van der Waals surface area contributed by atoms with E-state index in [1.807, 2.05) is 0 Å². The maximum atomic E-state index is 11.4. The van der Waals surface area contributed by atoms with Crippen molar-refractivity contribution in [3.05, 3.63) is 40.6 Å². The van der Waals surface area contributed by atoms with Gasteiger partial charge in [-0.25, -0.2) is 14.5 Å². The Bertz CT molecular complexity index is 617. The number of nitrogens with one attached hydrogen (secondary N) is 1. The van der Waals surface area contributed by atoms with Gasteiger partial charge >= 0.3 is 5.69 Å². The summed E-state index contributed by atoms with van der Waals surface area (Å²) in [6, 6.07) is 5.10. The van der Waals surface area contributed by atoms with Crippen LogP contribution in [0.5, 0.6) is 5.75 Å². The molecule has 0 aliphatic heterocycles. The van der Waals surface area contributed by atoms with Gasteiger partial charge in [-0.05, 0) is 18.2 Å². The lowest BCUT2D eigenvalue weighted by Crippen LogP contribution is -2.16. The van der Waals surface area contributed by atoms with E-state index in [1.54, 1.807) is 18.2 Å². The third-order valence-electron chi connectivity index (χ3n) is 2.28. The number of methoxy groups -OCH3 is 1. The van der Waals surface area contributed by atoms with Gasteiger partial charge in [-0.15, -0.1) is 0 Å². The number of thiocarbonyl (C=S) groups is 1. The highest BCUT2D eigenvalue weighted by Crippen LogP contribution is 2.22. The number of H-pyrrole nitrogens is 1. The molecule has 0 atom stereocenters. The smallest absolute Gasteiger partial charge is 0.347 e. The van der Waals surface area contributed by atoms with Crippen molar-refractivity contribution in [2.75, 3.05) is 7.11 Å². The number of aromatic nitrogens is 3. The Morgan fingerprint density at radius 2 is 2.35 bits per heavy atom. The van der Waals surface area contributed by atoms with Crippen LogP contribution >= 0.6 is 12.2 Å². The molecule has 0 saturated carbocycles. The molecule has 0 spiro atoms. The summed E-state index contributed by atoms with van der Waals surface area (Å²) in [6.45, 7) is 0. The summed E-state index contributed by atoms with van der Waals surface area (Å²) in [4.78, 5) is 11.7. The van der Waals surface area contributed by atoms with Crippen molar-refractivity contribution in [3.8, 4) is 11.4 Å². The van der Waals surface area contributed by atoms with Crippen LogP contribution in [0.1, 0.15) is 5.56 Å². The first-order chi connectivity index (χ1) is 8.13. The molecule has 0 unspecified atom stereocenters. The molecular weight excluding hydrogens is 240 g/mol. The van der Waals surface area contributed by atoms with Crippen molar-refractivity contribution >= 4 is 17.2 Å². The van der Waals surface area contributed by atoms with Crippen LogP contribution in [0.2, 0.25) is 0 Å². The van der Waals surface area contributed by atoms with Crippen molar-refractivity contribution in [1.29, 1.82) is 0 Å². The summed E-state index contributed by atoms with van der Waals surface area (Å²) in [7, 11) is 1.51. The normalized spacial score (nSPS) is 10.2. The van der Waals surface area contributed by atoms with Gasteiger partial charge in [0.05, 0.1) is 12.8 Å². The van der Waals surface area contributed by atoms with Gasteiger partial charge in [0.1, 0.15) is 17.1 Å². The zero-order valence-electron chi connectivity index (χ0n) is 9.01. The van der Waals surface area contributed by atoms with Crippen molar-refractivity contribution in [2.45, 2.75) is 0 Å². The van der Waals surface area contributed by atoms with E-state index in [-0.39, 0.29) is 10.7 Å². The summed E-state index contributed by atoms with van der Waals surface area (Å²) in [6.07, 6.45) is 1.38. The first-order valence-corrected chi connectivity index (χ1v) is 5.14. The third kappa shape index (κ3) is 2.04. The van der Waals surface area contributed by atoms with Gasteiger partial charge < -0.3 is 10.5 Å². The van der Waals surface area contributed by atoms with E-state index in [0.717, 1.165) is 0 Å². The second kappa shape index (κ2) is 4.38. The Morgan fingerprint density at radius 1 is 1.59 bits per heavy atom. The van der Waals surface area contributed by atoms with Crippen LogP contribution in [-0.4, -0.2) is 26.9 Å². The Hall–Kier alpha value is -2.15. The average molecular weight is 250 g/mol. The molecule has 0 aliphatic rings. The van der Waals surface area contributed by atoms with Crippen LogP contribution < -0.4 is 16.2 Å². The molecule has 2 rings (SSSR count). The number of rotatable bonds is 3. The lowest BCUT2D eigenvalue weighted by Gasteiger charge is -2.09. The molecule has 1 aromatic carbocycles. The minimum Gasteiger partial charge on any atom is -0.495 e. The first-order valence-electron chi connectivity index (χ1n) is 4.73. The van der Waals surface area contributed by atoms with Crippen LogP contribution in [0, 0.1) is 0 Å². The van der Waals surface area contributed by atoms with Gasteiger partial charge in [-0.3, -0.25) is 0 Å². The highest BCUT2D eigenvalue weighted by molar-refractivity contribution is 7.80. The second-order valence-corrected chi connectivity index (χ2v) is 3.72. The molecule has 1 heterocycles. The van der Waals surface area contributed by atoms with E-state index in [2.05, 4.69) is 10.2 Å². The Kier molecular flexibility index (Phi) is 2.92. The number of nitrogens with two attached hydrogens (primary N) is 1. The number of aromatic amines is 1. The van der Waals surface area contributed by atoms with E-state index in [4.69, 9.17) is 22.7 Å². The van der Waals surface area contributed by atoms with Crippen molar-refractivity contribution in [1.82, 2.24) is 14.8 Å². The van der Waals surface area contributed by atoms with Gasteiger partial charge in [0.15, 0.2) is 0 Å². The molecule has 0 saturated heterocycles. The summed E-state index contributed by atoms with van der Waals surface area (Å²) < 4.78 is 6.53. The minimum atomic E-state index is -0.341. The number of benzene rings is 1. The predicted molar refractivity (Wildman–Crippen MR) is 66.6 cm³/mol. The maximum Gasteiger partial charge on any atom is 0.347 e. The number of ether oxygens (including phenoxy) is 1. The van der Waals surface area contributed by atoms with Gasteiger partial charge in [-0.1, -0.05) is 12.2 Å². The van der Waals surface area contributed by atoms with E-state index >= 15 is 0 Å². The Morgan fingerprint density at radius 3 is 2.88 bits per heavy atom. The van der Waals surface area contributed by atoms with E-state index in [1.165, 1.54) is 18.0 Å². The SMILES string of the molecule is COc1cc(C(N)=S)ccc1-n1cn[nH]c1=O. The average Bonchev–Trinajstić information content (AvgIpc) is 2.74. The molecule has 2 aromatic rings. The molecule has 0 radical (unpaired) electrons. The van der Waals surface area contributed by atoms with Crippen LogP contribution in [-0.2, 0) is 0 Å². The van der Waals surface area contributed by atoms with E-state index in [9.17, 15) is 4.79 Å². The Balaban J connectivity index is 2.60. The minimum absolute atomic E-state index is 0.273. The summed E-state index contributed by atoms with van der Waals surface area (Å²) >= 11 is 4.87. The molecule has 7 heteroatoms. The largest absolute Gasteiger partial charge is 0.495 e. The molecular formula is C10H10N4O2S. The third-order valence-corrected chi connectivity index (χ3v) is 2.51. The van der Waals surface area contributed by atoms with Gasteiger partial charge in [-0.2, -0.15) is 5.10 Å². The van der Waals surface area contributed by atoms with E-state index < -0.39 is 0 Å². The van der Waals surface area contributed by atoms with Crippen LogP contribution in [0.3, 0.4) is 0 Å². The lowest BCUT2D eigenvalue weighted by molar-refractivity contribution is 0.412. The fourth-order valence-electron chi connectivity index (χ4n) is 1.45. The molecule has 0 fully saturated rings. The van der Waals surface area contributed by atoms with Crippen LogP contribution in [0.25, 0.3) is 5.69 Å². The summed E-state index contributed by atoms with van der Waals surface area (Å²) in [5.74, 6) is 0.499. The zero-order valence-corrected chi connectivity index (χ0v) is 9.82. The summed E-state index contributed by atoms with van der Waals surface area (Å²) in [5.41, 5.74) is 6.44. The summed E-state index contributed by atoms with van der Waals surface area (Å²) in [5, 5.41) is 5.96. The standard InChI is InChI=1S/C10H10N4O2S/c1-16-8-4-6(9(11)17)2-3-7(8)14-5-12-13-10(14)15/h2-5H,1H3,(H2,11,17)(H,13,15). The molecule has 17 heavy (non-hydrogen) atoms. The second-order valence-electron chi connectivity index (χ2n) is 3.28. The number of nitrogens with zero attached hydrogens (tertiary/aromatic N) is 2. The van der Waals surface area contributed by atoms with Crippen molar-refractivity contribution in [3.63, 3.8) is 0 Å². The maximum absolute atomic E-state index is 11.4. The zero-order chi connectivity index (χ0) is 12.4. The quantitative estimate of drug-likeness (QED) is 0.760. The highest BCUT2D eigenvalue weighted by Gasteiger charge is 2.09. The lowest BCUT2D eigenvalue weighted by atomic mass is 10.2. The molecule has 1 aromatic heterocycles. The molecule has 0 aliphatic carbocycles. The van der Waals surface area contributed by atoms with Crippen molar-refractivity contribution in [2.24, 2.45) is 5.73 Å². The topological polar surface area (TPSA) is 85.9 Å². The monoisotopic (exact) mass is 250 g/mol. The van der Waals surface area contributed by atoms with Crippen molar-refractivity contribution < 1.29 is 4.74 Å². The fourth-order valence-corrected chi connectivity index (χ4v) is 1.58.